The zero-order chi connectivity index (χ0) is 22.8. The maximum Gasteiger partial charge on any atom is 0.295 e. The van der Waals surface area contributed by atoms with Crippen LogP contribution in [-0.2, 0) is 13.5 Å². The number of hydrogen-bond acceptors (Lipinski definition) is 6. The van der Waals surface area contributed by atoms with Crippen molar-refractivity contribution < 1.29 is 9.53 Å². The minimum atomic E-state index is -0.416. The van der Waals surface area contributed by atoms with Crippen molar-refractivity contribution in [2.75, 3.05) is 12.4 Å². The second-order valence-electron chi connectivity index (χ2n) is 7.09. The van der Waals surface area contributed by atoms with Crippen LogP contribution < -0.4 is 15.6 Å². The van der Waals surface area contributed by atoms with Crippen LogP contribution in [0.4, 0.5) is 5.69 Å². The van der Waals surface area contributed by atoms with Gasteiger partial charge in [-0.1, -0.05) is 25.1 Å². The number of carbonyl (C=O) groups is 1. The van der Waals surface area contributed by atoms with Gasteiger partial charge in [0.15, 0.2) is 5.82 Å². The van der Waals surface area contributed by atoms with E-state index >= 15 is 0 Å². The molecule has 0 atom stereocenters. The highest BCUT2D eigenvalue weighted by molar-refractivity contribution is 6.05. The Balaban J connectivity index is 1.68. The first kappa shape index (κ1) is 21.0. The van der Waals surface area contributed by atoms with E-state index in [-0.39, 0.29) is 11.2 Å². The lowest BCUT2D eigenvalue weighted by molar-refractivity contribution is 0.102. The highest BCUT2D eigenvalue weighted by Crippen LogP contribution is 2.19. The zero-order valence-corrected chi connectivity index (χ0v) is 18.2. The molecule has 0 saturated heterocycles. The van der Waals surface area contributed by atoms with Crippen LogP contribution in [0.1, 0.15) is 28.7 Å². The molecule has 3 heterocycles. The maximum atomic E-state index is 13.1. The van der Waals surface area contributed by atoms with Crippen molar-refractivity contribution in [3.05, 3.63) is 76.0 Å². The molecule has 3 aromatic heterocycles. The number of amides is 1. The van der Waals surface area contributed by atoms with Gasteiger partial charge in [0.1, 0.15) is 5.69 Å². The van der Waals surface area contributed by atoms with Crippen molar-refractivity contribution in [2.24, 2.45) is 7.05 Å². The number of nitrogens with zero attached hydrogens (tertiary/aromatic N) is 6. The lowest BCUT2D eigenvalue weighted by atomic mass is 10.2. The Morgan fingerprint density at radius 2 is 1.88 bits per heavy atom. The van der Waals surface area contributed by atoms with Crippen LogP contribution in [0, 0.1) is 6.92 Å². The van der Waals surface area contributed by atoms with E-state index in [9.17, 15) is 9.59 Å². The number of benzene rings is 1. The second-order valence-corrected chi connectivity index (χ2v) is 7.09. The van der Waals surface area contributed by atoms with Gasteiger partial charge in [0.2, 0.25) is 5.88 Å². The molecule has 32 heavy (non-hydrogen) atoms. The molecule has 164 valence electrons. The average Bonchev–Trinajstić information content (AvgIpc) is 3.34. The van der Waals surface area contributed by atoms with Crippen molar-refractivity contribution >= 4 is 11.6 Å². The summed E-state index contributed by atoms with van der Waals surface area (Å²) in [6, 6.07) is 12.6. The van der Waals surface area contributed by atoms with Gasteiger partial charge in [-0.25, -0.2) is 9.36 Å². The van der Waals surface area contributed by atoms with Gasteiger partial charge >= 0.3 is 0 Å². The number of rotatable bonds is 6. The highest BCUT2D eigenvalue weighted by atomic mass is 16.5. The van der Waals surface area contributed by atoms with E-state index in [4.69, 9.17) is 4.74 Å². The molecule has 4 aromatic rings. The third-order valence-electron chi connectivity index (χ3n) is 5.29. The van der Waals surface area contributed by atoms with Crippen LogP contribution in [-0.4, -0.2) is 42.4 Å². The molecule has 0 fully saturated rings. The topological polar surface area (TPSA) is 109 Å². The Hall–Kier alpha value is -4.21. The van der Waals surface area contributed by atoms with E-state index in [0.717, 1.165) is 0 Å². The summed E-state index contributed by atoms with van der Waals surface area (Å²) >= 11 is 0. The summed E-state index contributed by atoms with van der Waals surface area (Å²) in [7, 11) is 3.28. The normalized spacial score (nSPS) is 10.9. The van der Waals surface area contributed by atoms with Crippen LogP contribution in [0.2, 0.25) is 0 Å². The summed E-state index contributed by atoms with van der Waals surface area (Å²) < 4.78 is 9.82. The Labute approximate surface area is 184 Å². The number of hydrogen-bond donors (Lipinski definition) is 1. The molecule has 0 saturated carbocycles. The Morgan fingerprint density at radius 3 is 2.50 bits per heavy atom. The molecule has 0 aliphatic carbocycles. The van der Waals surface area contributed by atoms with Gasteiger partial charge in [-0.2, -0.15) is 5.10 Å². The van der Waals surface area contributed by atoms with E-state index in [1.165, 1.54) is 18.0 Å². The van der Waals surface area contributed by atoms with E-state index < -0.39 is 5.91 Å². The predicted octanol–water partition coefficient (Wildman–Crippen LogP) is 2.28. The fraction of sp³-hybridized carbons (Fsp3) is 0.227. The van der Waals surface area contributed by atoms with Crippen molar-refractivity contribution in [3.8, 4) is 17.4 Å². The summed E-state index contributed by atoms with van der Waals surface area (Å²) in [6.07, 6.45) is 1.99. The van der Waals surface area contributed by atoms with E-state index in [1.807, 2.05) is 37.3 Å². The number of ether oxygens (including phenoxy) is 1. The van der Waals surface area contributed by atoms with Crippen molar-refractivity contribution in [1.82, 2.24) is 29.3 Å². The van der Waals surface area contributed by atoms with E-state index in [1.54, 1.807) is 35.5 Å². The average molecular weight is 433 g/mol. The fourth-order valence-corrected chi connectivity index (χ4v) is 3.53. The molecule has 1 aromatic carbocycles. The minimum absolute atomic E-state index is 0.223. The SMILES string of the molecule is CCc1c(C(=O)Nc2c(C)n(C)n(-c3ccccc3)c2=O)cnn1-c1ccc(OC)nn1. The van der Waals surface area contributed by atoms with Gasteiger partial charge in [0.25, 0.3) is 11.5 Å². The summed E-state index contributed by atoms with van der Waals surface area (Å²) in [5, 5.41) is 15.1. The Kier molecular flexibility index (Phi) is 5.59. The highest BCUT2D eigenvalue weighted by Gasteiger charge is 2.22. The molecular weight excluding hydrogens is 410 g/mol. The van der Waals surface area contributed by atoms with E-state index in [2.05, 4.69) is 20.6 Å². The summed E-state index contributed by atoms with van der Waals surface area (Å²) in [5.41, 5.74) is 2.27. The van der Waals surface area contributed by atoms with Crippen molar-refractivity contribution in [1.29, 1.82) is 0 Å². The number of methoxy groups -OCH3 is 1. The number of para-hydroxylation sites is 1. The molecule has 10 nitrogen and oxygen atoms in total. The second kappa shape index (κ2) is 8.50. The molecule has 0 aliphatic heterocycles. The molecule has 0 spiro atoms. The molecular formula is C22H23N7O3. The van der Waals surface area contributed by atoms with Gasteiger partial charge in [0.05, 0.1) is 35.9 Å². The van der Waals surface area contributed by atoms with Crippen LogP contribution in [0.15, 0.2) is 53.5 Å². The minimum Gasteiger partial charge on any atom is -0.480 e. The zero-order valence-electron chi connectivity index (χ0n) is 18.2. The Bertz CT molecular complexity index is 1320. The number of nitrogens with one attached hydrogen (secondary N) is 1. The smallest absolute Gasteiger partial charge is 0.295 e. The largest absolute Gasteiger partial charge is 0.480 e. The lowest BCUT2D eigenvalue weighted by Crippen LogP contribution is -2.23. The summed E-state index contributed by atoms with van der Waals surface area (Å²) in [5.74, 6) is 0.427. The molecule has 1 amide bonds. The molecule has 4 rings (SSSR count). The monoisotopic (exact) mass is 433 g/mol. The van der Waals surface area contributed by atoms with Gasteiger partial charge in [-0.05, 0) is 31.5 Å². The predicted molar refractivity (Wildman–Crippen MR) is 119 cm³/mol. The van der Waals surface area contributed by atoms with Crippen LogP contribution in [0.25, 0.3) is 11.5 Å². The van der Waals surface area contributed by atoms with Gasteiger partial charge in [-0.3, -0.25) is 14.3 Å². The molecule has 0 unspecified atom stereocenters. The van der Waals surface area contributed by atoms with Crippen molar-refractivity contribution in [3.63, 3.8) is 0 Å². The summed E-state index contributed by atoms with van der Waals surface area (Å²) in [6.45, 7) is 3.70. The van der Waals surface area contributed by atoms with Gasteiger partial charge in [-0.15, -0.1) is 10.2 Å². The lowest BCUT2D eigenvalue weighted by Gasteiger charge is -2.08. The fourth-order valence-electron chi connectivity index (χ4n) is 3.53. The first-order valence-electron chi connectivity index (χ1n) is 10.1. The van der Waals surface area contributed by atoms with Crippen LogP contribution >= 0.6 is 0 Å². The maximum absolute atomic E-state index is 13.1. The molecule has 10 heteroatoms. The first-order valence-corrected chi connectivity index (χ1v) is 10.1. The quantitative estimate of drug-likeness (QED) is 0.500. The third kappa shape index (κ3) is 3.55. The molecule has 1 N–H and O–H groups in total. The number of anilines is 1. The van der Waals surface area contributed by atoms with Crippen LogP contribution in [0.5, 0.6) is 5.88 Å². The molecule has 0 radical (unpaired) electrons. The number of carbonyl (C=O) groups excluding carboxylic acids is 1. The van der Waals surface area contributed by atoms with Gasteiger partial charge < -0.3 is 10.1 Å². The summed E-state index contributed by atoms with van der Waals surface area (Å²) in [4.78, 5) is 26.2. The Morgan fingerprint density at radius 1 is 1.12 bits per heavy atom. The molecule has 0 bridgehead atoms. The standard InChI is InChI=1S/C22H23N7O3/c1-5-17-16(13-23-28(17)18-11-12-19(32-4)26-25-18)21(30)24-20-14(2)27(3)29(22(20)31)15-9-7-6-8-10-15/h6-13H,5H2,1-4H3,(H,24,30). The van der Waals surface area contributed by atoms with Gasteiger partial charge in [0, 0.05) is 13.1 Å². The molecule has 0 aliphatic rings. The van der Waals surface area contributed by atoms with Crippen LogP contribution in [0.3, 0.4) is 0 Å². The first-order chi connectivity index (χ1) is 15.5. The van der Waals surface area contributed by atoms with Crippen molar-refractivity contribution in [2.45, 2.75) is 20.3 Å². The number of aromatic nitrogens is 6. The third-order valence-corrected chi connectivity index (χ3v) is 5.29. The van der Waals surface area contributed by atoms with E-state index in [0.29, 0.717) is 40.8 Å².